The van der Waals surface area contributed by atoms with Crippen LogP contribution in [0, 0.1) is 5.82 Å². The number of nitrogens with zero attached hydrogens (tertiary/aromatic N) is 3. The lowest BCUT2D eigenvalue weighted by molar-refractivity contribution is -0.116. The maximum absolute atomic E-state index is 13.7. The Kier molecular flexibility index (Phi) is 6.05. The summed E-state index contributed by atoms with van der Waals surface area (Å²) in [6.45, 7) is 2.07. The summed E-state index contributed by atoms with van der Waals surface area (Å²) >= 11 is 1.52. The quantitative estimate of drug-likeness (QED) is 0.431. The second kappa shape index (κ2) is 9.10. The van der Waals surface area contributed by atoms with E-state index in [1.54, 1.807) is 12.1 Å². The van der Waals surface area contributed by atoms with Gasteiger partial charge in [0.2, 0.25) is 5.91 Å². The number of anilines is 1. The molecule has 1 amide bonds. The van der Waals surface area contributed by atoms with Gasteiger partial charge in [0.1, 0.15) is 5.82 Å². The highest BCUT2D eigenvalue weighted by Gasteiger charge is 2.29. The SMILES string of the molecule is CC1CCc2cc(F)ccc2N1C(=O)CSc1ncc(-c2ccccc2)n1C1CCCC1. The average Bonchev–Trinajstić information content (AvgIpc) is 3.48. The molecule has 166 valence electrons. The van der Waals surface area contributed by atoms with Gasteiger partial charge < -0.3 is 9.47 Å². The first kappa shape index (κ1) is 21.3. The molecular weight excluding hydrogens is 421 g/mol. The van der Waals surface area contributed by atoms with E-state index in [4.69, 9.17) is 4.98 Å². The number of aromatic nitrogens is 2. The Balaban J connectivity index is 1.39. The molecule has 1 unspecified atom stereocenters. The van der Waals surface area contributed by atoms with E-state index in [1.165, 1.54) is 30.7 Å². The van der Waals surface area contributed by atoms with Crippen LogP contribution in [0.15, 0.2) is 59.9 Å². The number of rotatable bonds is 5. The van der Waals surface area contributed by atoms with Gasteiger partial charge in [-0.05, 0) is 61.9 Å². The van der Waals surface area contributed by atoms with Crippen molar-refractivity contribution in [2.45, 2.75) is 62.7 Å². The third-order valence-corrected chi connectivity index (χ3v) is 7.64. The number of hydrogen-bond acceptors (Lipinski definition) is 3. The van der Waals surface area contributed by atoms with Crippen LogP contribution in [0.2, 0.25) is 0 Å². The molecule has 4 nitrogen and oxygen atoms in total. The largest absolute Gasteiger partial charge is 0.316 e. The van der Waals surface area contributed by atoms with Crippen molar-refractivity contribution in [3.05, 3.63) is 66.1 Å². The Hall–Kier alpha value is -2.60. The van der Waals surface area contributed by atoms with Gasteiger partial charge in [-0.2, -0.15) is 0 Å². The molecule has 1 aromatic heterocycles. The molecule has 2 aromatic carbocycles. The van der Waals surface area contributed by atoms with E-state index < -0.39 is 0 Å². The van der Waals surface area contributed by atoms with E-state index in [0.29, 0.717) is 11.8 Å². The van der Waals surface area contributed by atoms with Crippen molar-refractivity contribution < 1.29 is 9.18 Å². The lowest BCUT2D eigenvalue weighted by atomic mass is 9.96. The second-order valence-electron chi connectivity index (χ2n) is 8.81. The van der Waals surface area contributed by atoms with Gasteiger partial charge in [0.05, 0.1) is 17.6 Å². The minimum absolute atomic E-state index is 0.0530. The first-order chi connectivity index (χ1) is 15.6. The summed E-state index contributed by atoms with van der Waals surface area (Å²) in [5, 5.41) is 0.910. The summed E-state index contributed by atoms with van der Waals surface area (Å²) in [4.78, 5) is 19.9. The zero-order chi connectivity index (χ0) is 22.1. The fourth-order valence-corrected chi connectivity index (χ4v) is 5.99. The molecule has 2 heterocycles. The monoisotopic (exact) mass is 449 g/mol. The van der Waals surface area contributed by atoms with Crippen LogP contribution in [0.5, 0.6) is 0 Å². The maximum Gasteiger partial charge on any atom is 0.237 e. The average molecular weight is 450 g/mol. The Bertz CT molecular complexity index is 1110. The highest BCUT2D eigenvalue weighted by molar-refractivity contribution is 7.99. The predicted octanol–water partition coefficient (Wildman–Crippen LogP) is 6.26. The predicted molar refractivity (Wildman–Crippen MR) is 128 cm³/mol. The molecule has 1 aliphatic carbocycles. The number of amides is 1. The van der Waals surface area contributed by atoms with Gasteiger partial charge in [-0.25, -0.2) is 9.37 Å². The minimum atomic E-state index is -0.243. The van der Waals surface area contributed by atoms with Gasteiger partial charge >= 0.3 is 0 Å². The van der Waals surface area contributed by atoms with Crippen LogP contribution in [0.4, 0.5) is 10.1 Å². The van der Waals surface area contributed by atoms with Gasteiger partial charge in [0.25, 0.3) is 0 Å². The molecule has 6 heteroatoms. The Morgan fingerprint density at radius 3 is 2.69 bits per heavy atom. The Morgan fingerprint density at radius 2 is 1.91 bits per heavy atom. The van der Waals surface area contributed by atoms with E-state index in [-0.39, 0.29) is 17.8 Å². The zero-order valence-electron chi connectivity index (χ0n) is 18.3. The highest BCUT2D eigenvalue weighted by atomic mass is 32.2. The lowest BCUT2D eigenvalue weighted by Crippen LogP contribution is -2.43. The van der Waals surface area contributed by atoms with E-state index in [0.717, 1.165) is 53.3 Å². The van der Waals surface area contributed by atoms with Crippen molar-refractivity contribution in [3.8, 4) is 11.3 Å². The summed E-state index contributed by atoms with van der Waals surface area (Å²) in [6, 6.07) is 15.7. The zero-order valence-corrected chi connectivity index (χ0v) is 19.2. The smallest absolute Gasteiger partial charge is 0.237 e. The molecule has 1 fully saturated rings. The van der Waals surface area contributed by atoms with Crippen LogP contribution in [0.25, 0.3) is 11.3 Å². The molecule has 2 aliphatic rings. The first-order valence-electron chi connectivity index (χ1n) is 11.5. The van der Waals surface area contributed by atoms with E-state index in [2.05, 4.69) is 35.8 Å². The van der Waals surface area contributed by atoms with Gasteiger partial charge in [-0.15, -0.1) is 0 Å². The molecule has 0 N–H and O–H groups in total. The van der Waals surface area contributed by atoms with Crippen LogP contribution in [0.3, 0.4) is 0 Å². The molecule has 0 radical (unpaired) electrons. The Labute approximate surface area is 192 Å². The third kappa shape index (κ3) is 4.08. The Morgan fingerprint density at radius 1 is 1.12 bits per heavy atom. The van der Waals surface area contributed by atoms with Crippen LogP contribution >= 0.6 is 11.8 Å². The van der Waals surface area contributed by atoms with Crippen molar-refractivity contribution in [2.75, 3.05) is 10.7 Å². The van der Waals surface area contributed by atoms with Gasteiger partial charge in [0, 0.05) is 17.8 Å². The molecule has 1 saturated carbocycles. The molecule has 0 saturated heterocycles. The number of thioether (sulfide) groups is 1. The molecule has 1 aliphatic heterocycles. The van der Waals surface area contributed by atoms with Crippen molar-refractivity contribution in [1.29, 1.82) is 0 Å². The summed E-state index contributed by atoms with van der Waals surface area (Å²) in [5.74, 6) is 0.128. The summed E-state index contributed by atoms with van der Waals surface area (Å²) in [5.41, 5.74) is 4.05. The topological polar surface area (TPSA) is 38.1 Å². The van der Waals surface area contributed by atoms with Crippen molar-refractivity contribution in [2.24, 2.45) is 0 Å². The normalized spacial score (nSPS) is 18.7. The summed E-state index contributed by atoms with van der Waals surface area (Å²) in [6.07, 6.45) is 8.37. The molecule has 1 atom stereocenters. The fraction of sp³-hybridized carbons (Fsp3) is 0.385. The number of aryl methyl sites for hydroxylation is 1. The number of carbonyl (C=O) groups excluding carboxylic acids is 1. The number of fused-ring (bicyclic) bond motifs is 1. The summed E-state index contributed by atoms with van der Waals surface area (Å²) in [7, 11) is 0. The van der Waals surface area contributed by atoms with Crippen LogP contribution in [-0.2, 0) is 11.2 Å². The van der Waals surface area contributed by atoms with Crippen molar-refractivity contribution in [1.82, 2.24) is 9.55 Å². The minimum Gasteiger partial charge on any atom is -0.316 e. The lowest BCUT2D eigenvalue weighted by Gasteiger charge is -2.35. The van der Waals surface area contributed by atoms with Crippen molar-refractivity contribution >= 4 is 23.4 Å². The number of halogens is 1. The third-order valence-electron chi connectivity index (χ3n) is 6.69. The molecule has 0 bridgehead atoms. The standard InChI is InChI=1S/C26H28FN3OS/c1-18-11-12-20-15-21(27)13-14-23(20)29(18)25(31)17-32-26-28-16-24(19-7-3-2-4-8-19)30(26)22-9-5-6-10-22/h2-4,7-8,13-16,18,22H,5-6,9-12,17H2,1H3. The number of hydrogen-bond donors (Lipinski definition) is 0. The van der Waals surface area contributed by atoms with Gasteiger partial charge in [0.15, 0.2) is 5.16 Å². The van der Waals surface area contributed by atoms with Crippen LogP contribution in [0.1, 0.15) is 50.6 Å². The maximum atomic E-state index is 13.7. The van der Waals surface area contributed by atoms with E-state index in [9.17, 15) is 9.18 Å². The molecule has 5 rings (SSSR count). The molecular formula is C26H28FN3OS. The van der Waals surface area contributed by atoms with Crippen LogP contribution in [-0.4, -0.2) is 27.3 Å². The summed E-state index contributed by atoms with van der Waals surface area (Å²) < 4.78 is 16.1. The number of carbonyl (C=O) groups is 1. The van der Waals surface area contributed by atoms with E-state index >= 15 is 0 Å². The molecule has 32 heavy (non-hydrogen) atoms. The number of benzene rings is 2. The molecule has 0 spiro atoms. The van der Waals surface area contributed by atoms with Gasteiger partial charge in [-0.3, -0.25) is 4.79 Å². The second-order valence-corrected chi connectivity index (χ2v) is 9.76. The van der Waals surface area contributed by atoms with Gasteiger partial charge in [-0.1, -0.05) is 54.9 Å². The highest BCUT2D eigenvalue weighted by Crippen LogP contribution is 2.38. The van der Waals surface area contributed by atoms with E-state index in [1.807, 2.05) is 17.2 Å². The fourth-order valence-electron chi connectivity index (χ4n) is 5.08. The van der Waals surface area contributed by atoms with Crippen LogP contribution < -0.4 is 4.90 Å². The first-order valence-corrected chi connectivity index (χ1v) is 12.5. The van der Waals surface area contributed by atoms with Crippen molar-refractivity contribution in [3.63, 3.8) is 0 Å². The number of imidazole rings is 1. The molecule has 3 aromatic rings.